The molecule has 0 radical (unpaired) electrons. The highest BCUT2D eigenvalue weighted by Crippen LogP contribution is 2.18. The fourth-order valence-electron chi connectivity index (χ4n) is 2.25. The Balaban J connectivity index is 1.84. The number of nitrogens with one attached hydrogen (secondary N) is 2. The Morgan fingerprint density at radius 2 is 2.04 bits per heavy atom. The molecule has 2 aromatic rings. The third-order valence-electron chi connectivity index (χ3n) is 3.56. The van der Waals surface area contributed by atoms with Crippen molar-refractivity contribution in [2.45, 2.75) is 26.0 Å². The molecule has 0 aliphatic heterocycles. The zero-order chi connectivity index (χ0) is 18.1. The number of aromatic nitrogens is 1. The van der Waals surface area contributed by atoms with E-state index in [9.17, 15) is 5.11 Å². The van der Waals surface area contributed by atoms with Gasteiger partial charge in [-0.1, -0.05) is 30.3 Å². The first-order chi connectivity index (χ1) is 12.1. The molecule has 0 aliphatic rings. The molecule has 136 valence electrons. The van der Waals surface area contributed by atoms with Gasteiger partial charge >= 0.3 is 0 Å². The average Bonchev–Trinajstić information content (AvgIpc) is 3.09. The molecule has 0 saturated heterocycles. The maximum Gasteiger partial charge on any atom is 0.191 e. The van der Waals surface area contributed by atoms with Crippen molar-refractivity contribution in [3.8, 4) is 0 Å². The molecule has 2 rings (SSSR count). The van der Waals surface area contributed by atoms with Crippen molar-refractivity contribution in [1.29, 1.82) is 0 Å². The number of aliphatic hydroxyl groups is 1. The lowest BCUT2D eigenvalue weighted by molar-refractivity contribution is 0.168. The van der Waals surface area contributed by atoms with Gasteiger partial charge in [-0.25, -0.2) is 9.98 Å². The van der Waals surface area contributed by atoms with Crippen LogP contribution in [0.2, 0.25) is 0 Å². The van der Waals surface area contributed by atoms with Gasteiger partial charge in [-0.3, -0.25) is 0 Å². The number of anilines is 1. The summed E-state index contributed by atoms with van der Waals surface area (Å²) in [6.07, 6.45) is 0.147. The van der Waals surface area contributed by atoms with Gasteiger partial charge in [0.2, 0.25) is 0 Å². The lowest BCUT2D eigenvalue weighted by Crippen LogP contribution is -2.38. The van der Waals surface area contributed by atoms with Crippen molar-refractivity contribution >= 4 is 22.4 Å². The molecule has 0 amide bonds. The van der Waals surface area contributed by atoms with Crippen molar-refractivity contribution in [3.63, 3.8) is 0 Å². The molecule has 3 N–H and O–H groups in total. The van der Waals surface area contributed by atoms with E-state index in [1.54, 1.807) is 11.3 Å². The number of aliphatic hydroxyl groups excluding tert-OH is 1. The SMILES string of the molecule is CCNC(=NCc1csc(N(C)C)n1)NCCC(O)c1ccccc1. The predicted molar refractivity (Wildman–Crippen MR) is 105 cm³/mol. The fourth-order valence-corrected chi connectivity index (χ4v) is 2.99. The molecule has 6 nitrogen and oxygen atoms in total. The lowest BCUT2D eigenvalue weighted by atomic mass is 10.1. The number of thiazole rings is 1. The van der Waals surface area contributed by atoms with Gasteiger partial charge in [0.05, 0.1) is 18.3 Å². The summed E-state index contributed by atoms with van der Waals surface area (Å²) in [4.78, 5) is 11.1. The number of hydrogen-bond acceptors (Lipinski definition) is 5. The van der Waals surface area contributed by atoms with Gasteiger partial charge in [0, 0.05) is 32.6 Å². The summed E-state index contributed by atoms with van der Waals surface area (Å²) < 4.78 is 0. The second-order valence-electron chi connectivity index (χ2n) is 5.85. The van der Waals surface area contributed by atoms with Crippen LogP contribution < -0.4 is 15.5 Å². The van der Waals surface area contributed by atoms with Gasteiger partial charge in [-0.05, 0) is 18.9 Å². The van der Waals surface area contributed by atoms with Crippen LogP contribution in [0.15, 0.2) is 40.7 Å². The van der Waals surface area contributed by atoms with E-state index >= 15 is 0 Å². The van der Waals surface area contributed by atoms with Crippen LogP contribution in [0, 0.1) is 0 Å². The molecule has 1 unspecified atom stereocenters. The smallest absolute Gasteiger partial charge is 0.191 e. The van der Waals surface area contributed by atoms with Gasteiger partial charge in [-0.15, -0.1) is 11.3 Å². The second kappa shape index (κ2) is 10.0. The Morgan fingerprint density at radius 3 is 2.68 bits per heavy atom. The Morgan fingerprint density at radius 1 is 1.28 bits per heavy atom. The van der Waals surface area contributed by atoms with E-state index in [0.717, 1.165) is 28.9 Å². The Bertz CT molecular complexity index is 656. The first-order valence-electron chi connectivity index (χ1n) is 8.47. The number of benzene rings is 1. The fraction of sp³-hybridized carbons (Fsp3) is 0.444. The number of nitrogens with zero attached hydrogens (tertiary/aromatic N) is 3. The Labute approximate surface area is 153 Å². The zero-order valence-corrected chi connectivity index (χ0v) is 15.9. The van der Waals surface area contributed by atoms with Crippen LogP contribution in [0.1, 0.15) is 30.7 Å². The molecule has 1 heterocycles. The Kier molecular flexibility index (Phi) is 7.69. The minimum atomic E-state index is -0.474. The van der Waals surface area contributed by atoms with Crippen LogP contribution in [0.3, 0.4) is 0 Å². The zero-order valence-electron chi connectivity index (χ0n) is 15.1. The Hall–Kier alpha value is -2.12. The quantitative estimate of drug-likeness (QED) is 0.497. The van der Waals surface area contributed by atoms with Gasteiger partial charge in [-0.2, -0.15) is 0 Å². The molecule has 0 aliphatic carbocycles. The van der Waals surface area contributed by atoms with Crippen LogP contribution in [-0.4, -0.2) is 43.2 Å². The topological polar surface area (TPSA) is 72.8 Å². The van der Waals surface area contributed by atoms with E-state index in [1.165, 1.54) is 0 Å². The number of rotatable bonds is 8. The molecule has 7 heteroatoms. The highest BCUT2D eigenvalue weighted by Gasteiger charge is 2.07. The summed E-state index contributed by atoms with van der Waals surface area (Å²) in [5, 5.41) is 19.7. The van der Waals surface area contributed by atoms with Crippen molar-refractivity contribution in [2.75, 3.05) is 32.1 Å². The largest absolute Gasteiger partial charge is 0.388 e. The average molecular weight is 362 g/mol. The maximum absolute atomic E-state index is 10.2. The molecule has 1 aromatic carbocycles. The van der Waals surface area contributed by atoms with Crippen LogP contribution in [0.25, 0.3) is 0 Å². The van der Waals surface area contributed by atoms with Crippen molar-refractivity contribution in [1.82, 2.24) is 15.6 Å². The first kappa shape index (κ1) is 19.2. The van der Waals surface area contributed by atoms with E-state index < -0.39 is 6.10 Å². The highest BCUT2D eigenvalue weighted by molar-refractivity contribution is 7.13. The lowest BCUT2D eigenvalue weighted by Gasteiger charge is -2.14. The number of hydrogen-bond donors (Lipinski definition) is 3. The van der Waals surface area contributed by atoms with Crippen LogP contribution in [0.4, 0.5) is 5.13 Å². The molecule has 1 atom stereocenters. The predicted octanol–water partition coefficient (Wildman–Crippen LogP) is 2.39. The molecule has 0 bridgehead atoms. The summed E-state index contributed by atoms with van der Waals surface area (Å²) in [6, 6.07) is 9.70. The van der Waals surface area contributed by atoms with Crippen molar-refractivity contribution in [2.24, 2.45) is 4.99 Å². The number of guanidine groups is 1. The third-order valence-corrected chi connectivity index (χ3v) is 4.62. The van der Waals surface area contributed by atoms with E-state index in [-0.39, 0.29) is 0 Å². The van der Waals surface area contributed by atoms with E-state index in [2.05, 4.69) is 20.6 Å². The summed E-state index contributed by atoms with van der Waals surface area (Å²) in [5.74, 6) is 0.738. The van der Waals surface area contributed by atoms with Crippen LogP contribution in [0.5, 0.6) is 0 Å². The van der Waals surface area contributed by atoms with E-state index in [4.69, 9.17) is 0 Å². The van der Waals surface area contributed by atoms with Crippen molar-refractivity contribution in [3.05, 3.63) is 47.0 Å². The van der Waals surface area contributed by atoms with E-state index in [1.807, 2.05) is 61.6 Å². The minimum Gasteiger partial charge on any atom is -0.388 e. The standard InChI is InChI=1S/C18H27N5OS/c1-4-19-17(21-12-15-13-25-18(22-15)23(2)3)20-11-10-16(24)14-8-6-5-7-9-14/h5-9,13,16,24H,4,10-12H2,1-3H3,(H2,19,20,21). The van der Waals surface area contributed by atoms with Gasteiger partial charge in [0.25, 0.3) is 0 Å². The monoisotopic (exact) mass is 361 g/mol. The van der Waals surface area contributed by atoms with Gasteiger partial charge in [0.1, 0.15) is 0 Å². The van der Waals surface area contributed by atoms with Crippen LogP contribution >= 0.6 is 11.3 Å². The summed E-state index contributed by atoms with van der Waals surface area (Å²) in [5.41, 5.74) is 1.89. The van der Waals surface area contributed by atoms with Gasteiger partial charge in [0.15, 0.2) is 11.1 Å². The second-order valence-corrected chi connectivity index (χ2v) is 6.69. The molecule has 1 aromatic heterocycles. The van der Waals surface area contributed by atoms with Gasteiger partial charge < -0.3 is 20.6 Å². The maximum atomic E-state index is 10.2. The van der Waals surface area contributed by atoms with E-state index in [0.29, 0.717) is 19.5 Å². The summed E-state index contributed by atoms with van der Waals surface area (Å²) in [7, 11) is 3.96. The normalized spacial score (nSPS) is 12.7. The molecule has 0 fully saturated rings. The first-order valence-corrected chi connectivity index (χ1v) is 9.35. The van der Waals surface area contributed by atoms with Crippen LogP contribution in [-0.2, 0) is 6.54 Å². The molecular formula is C18H27N5OS. The molecule has 0 saturated carbocycles. The summed E-state index contributed by atoms with van der Waals surface area (Å²) in [6.45, 7) is 3.99. The number of aliphatic imine (C=N–C) groups is 1. The molecule has 0 spiro atoms. The molecular weight excluding hydrogens is 334 g/mol. The molecule has 25 heavy (non-hydrogen) atoms. The minimum absolute atomic E-state index is 0.474. The highest BCUT2D eigenvalue weighted by atomic mass is 32.1. The third kappa shape index (κ3) is 6.36. The summed E-state index contributed by atoms with van der Waals surface area (Å²) >= 11 is 1.61. The van der Waals surface area contributed by atoms with Crippen molar-refractivity contribution < 1.29 is 5.11 Å².